The molecule has 0 heterocycles. The molecule has 0 spiro atoms. The summed E-state index contributed by atoms with van der Waals surface area (Å²) in [5.41, 5.74) is 2.58. The normalized spacial score (nSPS) is 11.9. The lowest BCUT2D eigenvalue weighted by atomic mass is 10.0. The van der Waals surface area contributed by atoms with Gasteiger partial charge in [-0.15, -0.1) is 0 Å². The van der Waals surface area contributed by atoms with Gasteiger partial charge in [0.05, 0.1) is 24.9 Å². The van der Waals surface area contributed by atoms with Crippen molar-refractivity contribution in [1.29, 1.82) is 5.26 Å². The monoisotopic (exact) mass is 393 g/mol. The van der Waals surface area contributed by atoms with Crippen molar-refractivity contribution in [1.82, 2.24) is 5.32 Å². The van der Waals surface area contributed by atoms with Crippen LogP contribution in [-0.2, 0) is 4.79 Å². The van der Waals surface area contributed by atoms with E-state index in [1.807, 2.05) is 76.2 Å². The molecule has 0 aliphatic heterocycles. The summed E-state index contributed by atoms with van der Waals surface area (Å²) in [6.07, 6.45) is 1.39. The Kier molecular flexibility index (Phi) is 8.11. The molecule has 1 atom stereocenters. The maximum absolute atomic E-state index is 12.6. The number of carbonyl (C=O) groups is 1. The van der Waals surface area contributed by atoms with Crippen LogP contribution in [-0.4, -0.2) is 19.1 Å². The van der Waals surface area contributed by atoms with Crippen LogP contribution in [0.2, 0.25) is 0 Å². The smallest absolute Gasteiger partial charge is 0.263 e. The van der Waals surface area contributed by atoms with Gasteiger partial charge >= 0.3 is 0 Å². The van der Waals surface area contributed by atoms with E-state index < -0.39 is 5.91 Å². The van der Waals surface area contributed by atoms with Crippen molar-refractivity contribution in [2.45, 2.75) is 33.7 Å². The van der Waals surface area contributed by atoms with E-state index in [4.69, 9.17) is 9.47 Å². The van der Waals surface area contributed by atoms with Crippen LogP contribution in [0.5, 0.6) is 11.5 Å². The van der Waals surface area contributed by atoms with Gasteiger partial charge < -0.3 is 20.1 Å². The molecule has 6 heteroatoms. The van der Waals surface area contributed by atoms with E-state index in [0.29, 0.717) is 24.7 Å². The first kappa shape index (κ1) is 21.8. The lowest BCUT2D eigenvalue weighted by molar-refractivity contribution is -0.117. The number of hydrogen-bond donors (Lipinski definition) is 2. The largest absolute Gasteiger partial charge is 0.494 e. The number of nitrogens with one attached hydrogen (secondary N) is 2. The van der Waals surface area contributed by atoms with Crippen molar-refractivity contribution < 1.29 is 14.3 Å². The fourth-order valence-electron chi connectivity index (χ4n) is 2.81. The van der Waals surface area contributed by atoms with Gasteiger partial charge in [-0.05, 0) is 45.9 Å². The Morgan fingerprint density at radius 2 is 1.83 bits per heavy atom. The van der Waals surface area contributed by atoms with Crippen molar-refractivity contribution in [3.05, 3.63) is 65.4 Å². The predicted molar refractivity (Wildman–Crippen MR) is 114 cm³/mol. The Balaban J connectivity index is 2.15. The number of carbonyl (C=O) groups excluding carboxylic acids is 1. The Labute approximate surface area is 172 Å². The molecule has 1 unspecified atom stereocenters. The van der Waals surface area contributed by atoms with Crippen LogP contribution < -0.4 is 20.1 Å². The van der Waals surface area contributed by atoms with Crippen LogP contribution in [0.25, 0.3) is 0 Å². The molecule has 0 saturated heterocycles. The molecule has 0 fully saturated rings. The number of aryl methyl sites for hydroxylation is 1. The first-order chi connectivity index (χ1) is 14.0. The molecule has 0 aliphatic rings. The van der Waals surface area contributed by atoms with Crippen molar-refractivity contribution in [3.63, 3.8) is 0 Å². The quantitative estimate of drug-likeness (QED) is 0.484. The van der Waals surface area contributed by atoms with Crippen molar-refractivity contribution >= 4 is 11.6 Å². The van der Waals surface area contributed by atoms with Crippen molar-refractivity contribution in [3.8, 4) is 17.6 Å². The molecule has 1 amide bonds. The summed E-state index contributed by atoms with van der Waals surface area (Å²) < 4.78 is 11.2. The van der Waals surface area contributed by atoms with Gasteiger partial charge in [-0.3, -0.25) is 4.79 Å². The standard InChI is InChI=1S/C23H27N3O3/c1-5-28-21-12-11-16(3)13-19(21)17(4)26-23(27)18(14-24)15-25-20-9-7-8-10-22(20)29-6-2/h7-13,15,17,25H,5-6H2,1-4H3,(H,26,27)/b18-15-. The Bertz CT molecular complexity index is 916. The third-order valence-corrected chi connectivity index (χ3v) is 4.20. The van der Waals surface area contributed by atoms with Crippen molar-refractivity contribution in [2.24, 2.45) is 0 Å². The van der Waals surface area contributed by atoms with Gasteiger partial charge in [0.2, 0.25) is 0 Å². The van der Waals surface area contributed by atoms with Crippen LogP contribution in [0, 0.1) is 18.3 Å². The van der Waals surface area contributed by atoms with E-state index in [9.17, 15) is 10.1 Å². The molecule has 0 aliphatic carbocycles. The number of para-hydroxylation sites is 2. The first-order valence-electron chi connectivity index (χ1n) is 9.62. The molecular formula is C23H27N3O3. The zero-order chi connectivity index (χ0) is 21.2. The van der Waals surface area contributed by atoms with Crippen LogP contribution in [0.3, 0.4) is 0 Å². The number of nitriles is 1. The summed E-state index contributed by atoms with van der Waals surface area (Å²) in [6.45, 7) is 8.70. The fraction of sp³-hybridized carbons (Fsp3) is 0.304. The van der Waals surface area contributed by atoms with Gasteiger partial charge in [0, 0.05) is 11.8 Å². The highest BCUT2D eigenvalue weighted by molar-refractivity contribution is 5.97. The Hall–Kier alpha value is -3.46. The molecule has 0 radical (unpaired) electrons. The molecule has 0 saturated carbocycles. The second kappa shape index (κ2) is 10.8. The highest BCUT2D eigenvalue weighted by atomic mass is 16.5. The number of ether oxygens (including phenoxy) is 2. The third-order valence-electron chi connectivity index (χ3n) is 4.20. The summed E-state index contributed by atoms with van der Waals surface area (Å²) in [7, 11) is 0. The summed E-state index contributed by atoms with van der Waals surface area (Å²) in [4.78, 5) is 12.6. The SMILES string of the molecule is CCOc1ccccc1N/C=C(/C#N)C(=O)NC(C)c1cc(C)ccc1OCC. The van der Waals surface area contributed by atoms with Crippen LogP contribution in [0.15, 0.2) is 54.2 Å². The van der Waals surface area contributed by atoms with Crippen LogP contribution in [0.1, 0.15) is 37.9 Å². The van der Waals surface area contributed by atoms with Gasteiger partial charge in [-0.2, -0.15) is 5.26 Å². The van der Waals surface area contributed by atoms with E-state index in [2.05, 4.69) is 10.6 Å². The number of nitrogens with zero attached hydrogens (tertiary/aromatic N) is 1. The van der Waals surface area contributed by atoms with Gasteiger partial charge in [0.1, 0.15) is 23.1 Å². The number of rotatable bonds is 9. The summed E-state index contributed by atoms with van der Waals surface area (Å²) in [5.74, 6) is 0.904. The number of hydrogen-bond acceptors (Lipinski definition) is 5. The minimum Gasteiger partial charge on any atom is -0.494 e. The Morgan fingerprint density at radius 1 is 1.14 bits per heavy atom. The van der Waals surface area contributed by atoms with Crippen molar-refractivity contribution in [2.75, 3.05) is 18.5 Å². The topological polar surface area (TPSA) is 83.4 Å². The summed E-state index contributed by atoms with van der Waals surface area (Å²) in [6, 6.07) is 14.8. The summed E-state index contributed by atoms with van der Waals surface area (Å²) in [5, 5.41) is 15.3. The maximum Gasteiger partial charge on any atom is 0.263 e. The molecule has 2 rings (SSSR count). The van der Waals surface area contributed by atoms with E-state index in [1.165, 1.54) is 6.20 Å². The predicted octanol–water partition coefficient (Wildman–Crippen LogP) is 4.49. The number of benzene rings is 2. The third kappa shape index (κ3) is 6.01. The second-order valence-electron chi connectivity index (χ2n) is 6.41. The maximum atomic E-state index is 12.6. The van der Waals surface area contributed by atoms with Crippen LogP contribution in [0.4, 0.5) is 5.69 Å². The molecule has 6 nitrogen and oxygen atoms in total. The second-order valence-corrected chi connectivity index (χ2v) is 6.41. The lowest BCUT2D eigenvalue weighted by Crippen LogP contribution is -2.28. The zero-order valence-electron chi connectivity index (χ0n) is 17.3. The van der Waals surface area contributed by atoms with Crippen LogP contribution >= 0.6 is 0 Å². The molecule has 2 aromatic carbocycles. The molecule has 2 aromatic rings. The molecular weight excluding hydrogens is 366 g/mol. The number of amides is 1. The highest BCUT2D eigenvalue weighted by Crippen LogP contribution is 2.27. The van der Waals surface area contributed by atoms with E-state index in [-0.39, 0.29) is 11.6 Å². The molecule has 29 heavy (non-hydrogen) atoms. The van der Waals surface area contributed by atoms with E-state index in [1.54, 1.807) is 0 Å². The van der Waals surface area contributed by atoms with E-state index >= 15 is 0 Å². The Morgan fingerprint density at radius 3 is 2.52 bits per heavy atom. The minimum absolute atomic E-state index is 0.0336. The molecule has 0 bridgehead atoms. The van der Waals surface area contributed by atoms with Gasteiger partial charge in [0.25, 0.3) is 5.91 Å². The van der Waals surface area contributed by atoms with Gasteiger partial charge in [-0.1, -0.05) is 29.8 Å². The first-order valence-corrected chi connectivity index (χ1v) is 9.62. The highest BCUT2D eigenvalue weighted by Gasteiger charge is 2.17. The number of anilines is 1. The molecule has 152 valence electrons. The lowest BCUT2D eigenvalue weighted by Gasteiger charge is -2.18. The summed E-state index contributed by atoms with van der Waals surface area (Å²) >= 11 is 0. The zero-order valence-corrected chi connectivity index (χ0v) is 17.3. The molecule has 0 aromatic heterocycles. The van der Waals surface area contributed by atoms with Gasteiger partial charge in [0.15, 0.2) is 0 Å². The fourth-order valence-corrected chi connectivity index (χ4v) is 2.81. The average Bonchev–Trinajstić information content (AvgIpc) is 2.71. The molecule has 2 N–H and O–H groups in total. The van der Waals surface area contributed by atoms with Gasteiger partial charge in [-0.25, -0.2) is 0 Å². The minimum atomic E-state index is -0.467. The average molecular weight is 393 g/mol. The van der Waals surface area contributed by atoms with E-state index in [0.717, 1.165) is 16.9 Å².